The standard InChI is InChI=1S/C24H20ClN3O2S/c1-14(2)15-5-9-18(10-6-15)28-22(27-23(29)19(13-26)24(28)31)21-12-11-20(30-21)16-3-7-17(25)8-4-16/h3-12,14,22,31H,1-2H3,(H,27,29)/t22-/m1/s1. The van der Waals surface area contributed by atoms with Gasteiger partial charge in [0.05, 0.1) is 5.03 Å². The minimum Gasteiger partial charge on any atom is -0.457 e. The Labute approximate surface area is 191 Å². The van der Waals surface area contributed by atoms with Crippen LogP contribution in [0.1, 0.15) is 37.3 Å². The molecule has 4 rings (SSSR count). The Balaban J connectivity index is 1.76. The van der Waals surface area contributed by atoms with E-state index in [9.17, 15) is 10.1 Å². The molecule has 0 saturated heterocycles. The molecule has 1 aliphatic heterocycles. The van der Waals surface area contributed by atoms with Gasteiger partial charge in [0.1, 0.15) is 23.2 Å². The normalized spacial score (nSPS) is 16.5. The van der Waals surface area contributed by atoms with Crippen molar-refractivity contribution >= 4 is 35.8 Å². The lowest BCUT2D eigenvalue weighted by atomic mass is 10.0. The molecule has 5 nitrogen and oxygen atoms in total. The summed E-state index contributed by atoms with van der Waals surface area (Å²) < 4.78 is 6.09. The van der Waals surface area contributed by atoms with Gasteiger partial charge < -0.3 is 14.6 Å². The molecule has 31 heavy (non-hydrogen) atoms. The molecule has 2 heterocycles. The van der Waals surface area contributed by atoms with Gasteiger partial charge in [0.2, 0.25) is 0 Å². The summed E-state index contributed by atoms with van der Waals surface area (Å²) in [5.74, 6) is 1.07. The molecule has 3 aromatic rings. The van der Waals surface area contributed by atoms with Gasteiger partial charge in [-0.25, -0.2) is 0 Å². The lowest BCUT2D eigenvalue weighted by Crippen LogP contribution is -2.45. The molecule has 1 atom stereocenters. The van der Waals surface area contributed by atoms with E-state index >= 15 is 0 Å². The van der Waals surface area contributed by atoms with Gasteiger partial charge >= 0.3 is 0 Å². The van der Waals surface area contributed by atoms with Gasteiger partial charge in [-0.15, -0.1) is 12.6 Å². The molecule has 1 amide bonds. The van der Waals surface area contributed by atoms with Crippen molar-refractivity contribution in [1.82, 2.24) is 5.32 Å². The number of anilines is 1. The molecule has 1 aromatic heterocycles. The van der Waals surface area contributed by atoms with Gasteiger partial charge in [0, 0.05) is 16.3 Å². The number of thiol groups is 1. The zero-order valence-corrected chi connectivity index (χ0v) is 18.6. The highest BCUT2D eigenvalue weighted by molar-refractivity contribution is 7.84. The smallest absolute Gasteiger partial charge is 0.266 e. The van der Waals surface area contributed by atoms with Crippen molar-refractivity contribution in [2.24, 2.45) is 0 Å². The summed E-state index contributed by atoms with van der Waals surface area (Å²) in [7, 11) is 0. The van der Waals surface area contributed by atoms with E-state index in [0.717, 1.165) is 11.3 Å². The van der Waals surface area contributed by atoms with Crippen LogP contribution in [0.3, 0.4) is 0 Å². The van der Waals surface area contributed by atoms with Crippen LogP contribution in [0.5, 0.6) is 0 Å². The molecular weight excluding hydrogens is 430 g/mol. The largest absolute Gasteiger partial charge is 0.457 e. The van der Waals surface area contributed by atoms with Crippen LogP contribution in [0, 0.1) is 11.3 Å². The van der Waals surface area contributed by atoms with Crippen molar-refractivity contribution < 1.29 is 9.21 Å². The summed E-state index contributed by atoms with van der Waals surface area (Å²) in [6.07, 6.45) is -0.650. The predicted octanol–water partition coefficient (Wildman–Crippen LogP) is 6.02. The zero-order valence-electron chi connectivity index (χ0n) is 17.0. The number of furan rings is 1. The first-order chi connectivity index (χ1) is 14.9. The Morgan fingerprint density at radius 2 is 1.77 bits per heavy atom. The van der Waals surface area contributed by atoms with Gasteiger partial charge in [-0.2, -0.15) is 5.26 Å². The lowest BCUT2D eigenvalue weighted by molar-refractivity contribution is -0.118. The highest BCUT2D eigenvalue weighted by Gasteiger charge is 2.35. The molecule has 0 spiro atoms. The van der Waals surface area contributed by atoms with E-state index < -0.39 is 12.1 Å². The summed E-state index contributed by atoms with van der Waals surface area (Å²) in [5, 5.41) is 13.2. The van der Waals surface area contributed by atoms with Crippen LogP contribution in [0.25, 0.3) is 11.3 Å². The van der Waals surface area contributed by atoms with Gasteiger partial charge in [-0.1, -0.05) is 37.6 Å². The van der Waals surface area contributed by atoms with Gasteiger partial charge in [-0.05, 0) is 60.0 Å². The number of carbonyl (C=O) groups excluding carboxylic acids is 1. The number of nitrogens with one attached hydrogen (secondary N) is 1. The van der Waals surface area contributed by atoms with Crippen LogP contribution in [0.2, 0.25) is 5.02 Å². The first-order valence-corrected chi connectivity index (χ1v) is 10.6. The number of benzene rings is 2. The predicted molar refractivity (Wildman–Crippen MR) is 125 cm³/mol. The summed E-state index contributed by atoms with van der Waals surface area (Å²) >= 11 is 10.5. The number of nitriles is 1. The molecule has 1 aliphatic rings. The van der Waals surface area contributed by atoms with Crippen LogP contribution in [-0.4, -0.2) is 5.91 Å². The first-order valence-electron chi connectivity index (χ1n) is 9.78. The van der Waals surface area contributed by atoms with Crippen molar-refractivity contribution in [3.05, 3.63) is 87.6 Å². The molecule has 156 valence electrons. The first kappa shape index (κ1) is 21.1. The Morgan fingerprint density at radius 3 is 2.39 bits per heavy atom. The number of hydrogen-bond acceptors (Lipinski definition) is 5. The summed E-state index contributed by atoms with van der Waals surface area (Å²) in [4.78, 5) is 14.3. The Kier molecular flexibility index (Phi) is 5.81. The van der Waals surface area contributed by atoms with E-state index in [0.29, 0.717) is 22.5 Å². The third-order valence-electron chi connectivity index (χ3n) is 5.18. The highest BCUT2D eigenvalue weighted by Crippen LogP contribution is 2.38. The minimum absolute atomic E-state index is 0.0444. The van der Waals surface area contributed by atoms with Gasteiger partial charge in [-0.3, -0.25) is 4.79 Å². The lowest BCUT2D eigenvalue weighted by Gasteiger charge is -2.36. The van der Waals surface area contributed by atoms with Crippen LogP contribution < -0.4 is 10.2 Å². The molecule has 0 radical (unpaired) electrons. The highest BCUT2D eigenvalue weighted by atomic mass is 35.5. The van der Waals surface area contributed by atoms with E-state index in [2.05, 4.69) is 31.8 Å². The summed E-state index contributed by atoms with van der Waals surface area (Å²) in [6.45, 7) is 4.25. The monoisotopic (exact) mass is 449 g/mol. The number of nitrogens with zero attached hydrogens (tertiary/aromatic N) is 2. The van der Waals surface area contributed by atoms with Gasteiger partial charge in [0.25, 0.3) is 5.91 Å². The zero-order chi connectivity index (χ0) is 22.1. The molecule has 0 aliphatic carbocycles. The number of hydrogen-bond donors (Lipinski definition) is 2. The molecule has 0 bridgehead atoms. The second kappa shape index (κ2) is 8.54. The van der Waals surface area contributed by atoms with Crippen LogP contribution >= 0.6 is 24.2 Å². The van der Waals surface area contributed by atoms with E-state index in [1.54, 1.807) is 17.0 Å². The van der Waals surface area contributed by atoms with E-state index in [4.69, 9.17) is 16.0 Å². The average molecular weight is 450 g/mol. The number of carbonyl (C=O) groups is 1. The molecule has 2 aromatic carbocycles. The quantitative estimate of drug-likeness (QED) is 0.477. The Morgan fingerprint density at radius 1 is 1.10 bits per heavy atom. The molecule has 0 saturated carbocycles. The third-order valence-corrected chi connectivity index (χ3v) is 5.87. The van der Waals surface area contributed by atoms with Crippen LogP contribution in [-0.2, 0) is 4.79 Å². The summed E-state index contributed by atoms with van der Waals surface area (Å²) in [6, 6.07) is 20.9. The molecule has 7 heteroatoms. The second-order valence-corrected chi connectivity index (χ2v) is 8.37. The van der Waals surface area contributed by atoms with Gasteiger partial charge in [0.15, 0.2) is 6.17 Å². The molecule has 0 fully saturated rings. The fourth-order valence-corrected chi connectivity index (χ4v) is 3.97. The van der Waals surface area contributed by atoms with Crippen molar-refractivity contribution in [3.8, 4) is 17.4 Å². The number of amides is 1. The van der Waals surface area contributed by atoms with E-state index in [-0.39, 0.29) is 10.6 Å². The second-order valence-electron chi connectivity index (χ2n) is 7.51. The van der Waals surface area contributed by atoms with Crippen molar-refractivity contribution in [1.29, 1.82) is 5.26 Å². The van der Waals surface area contributed by atoms with Crippen molar-refractivity contribution in [2.75, 3.05) is 4.90 Å². The summed E-state index contributed by atoms with van der Waals surface area (Å²) in [5.41, 5.74) is 2.80. The third kappa shape index (κ3) is 4.07. The Bertz CT molecular complexity index is 1190. The molecular formula is C24H20ClN3O2S. The molecule has 0 unspecified atom stereocenters. The Hall–Kier alpha value is -3.14. The van der Waals surface area contributed by atoms with Crippen LogP contribution in [0.4, 0.5) is 5.69 Å². The maximum absolute atomic E-state index is 12.5. The fourth-order valence-electron chi connectivity index (χ4n) is 3.46. The van der Waals surface area contributed by atoms with Crippen molar-refractivity contribution in [2.45, 2.75) is 25.9 Å². The van der Waals surface area contributed by atoms with E-state index in [1.807, 2.05) is 54.6 Å². The minimum atomic E-state index is -0.650. The fraction of sp³-hybridized carbons (Fsp3) is 0.167. The van der Waals surface area contributed by atoms with Crippen molar-refractivity contribution in [3.63, 3.8) is 0 Å². The maximum Gasteiger partial charge on any atom is 0.266 e. The SMILES string of the molecule is CC(C)c1ccc(N2C(S)=C(C#N)C(=O)N[C@H]2c2ccc(-c3ccc(Cl)cc3)o2)cc1. The molecule has 1 N–H and O–H groups in total. The maximum atomic E-state index is 12.5. The number of halogens is 1. The topological polar surface area (TPSA) is 69.3 Å². The van der Waals surface area contributed by atoms with E-state index in [1.165, 1.54) is 5.56 Å². The van der Waals surface area contributed by atoms with Crippen LogP contribution in [0.15, 0.2) is 75.7 Å². The number of rotatable bonds is 4. The average Bonchev–Trinajstić information content (AvgIpc) is 3.24.